The first-order chi connectivity index (χ1) is 9.61. The van der Waals surface area contributed by atoms with E-state index in [1.54, 1.807) is 0 Å². The lowest BCUT2D eigenvalue weighted by Crippen LogP contribution is -2.48. The van der Waals surface area contributed by atoms with Gasteiger partial charge in [-0.1, -0.05) is 0 Å². The average molecular weight is 322 g/mol. The second-order valence-electron chi connectivity index (χ2n) is 4.93. The van der Waals surface area contributed by atoms with E-state index >= 15 is 0 Å². The van der Waals surface area contributed by atoms with Crippen LogP contribution >= 0.6 is 0 Å². The highest BCUT2D eigenvalue weighted by Gasteiger charge is 2.31. The fourth-order valence-corrected chi connectivity index (χ4v) is 2.99. The molecule has 0 saturated carbocycles. The summed E-state index contributed by atoms with van der Waals surface area (Å²) in [5.74, 6) is -3.82. The number of sulfonamides is 1. The topological polar surface area (TPSA) is 141 Å². The van der Waals surface area contributed by atoms with Crippen LogP contribution in [0.15, 0.2) is 0 Å². The van der Waals surface area contributed by atoms with E-state index in [9.17, 15) is 22.8 Å². The molecule has 1 rings (SSSR count). The molecule has 0 bridgehead atoms. The van der Waals surface area contributed by atoms with E-state index < -0.39 is 46.2 Å². The highest BCUT2D eigenvalue weighted by atomic mass is 32.2. The van der Waals surface area contributed by atoms with Gasteiger partial charge in [0, 0.05) is 19.0 Å². The Morgan fingerprint density at radius 2 is 1.76 bits per heavy atom. The number of nitrogens with one attached hydrogen (secondary N) is 1. The van der Waals surface area contributed by atoms with E-state index in [1.807, 2.05) is 0 Å². The molecule has 1 heterocycles. The first-order valence-electron chi connectivity index (χ1n) is 6.31. The summed E-state index contributed by atoms with van der Waals surface area (Å²) >= 11 is 0. The predicted molar refractivity (Wildman–Crippen MR) is 71.0 cm³/mol. The number of nitrogens with zero attached hydrogens (tertiary/aromatic N) is 1. The molecular formula is C11H18N2O7S. The number of aliphatic carboxylic acids is 2. The fourth-order valence-electron chi connectivity index (χ4n) is 2.11. The normalized spacial score (nSPS) is 18.9. The fraction of sp³-hybridized carbons (Fsp3) is 0.727. The van der Waals surface area contributed by atoms with Gasteiger partial charge in [-0.2, -0.15) is 0 Å². The van der Waals surface area contributed by atoms with Gasteiger partial charge in [-0.05, 0) is 12.8 Å². The number of carboxylic acids is 2. The van der Waals surface area contributed by atoms with Crippen LogP contribution in [0.2, 0.25) is 0 Å². The third-order valence-electron chi connectivity index (χ3n) is 3.29. The SMILES string of the molecule is CS(=O)(=O)N1CCC(C(=O)NC(CC(=O)O)C(=O)O)CC1. The van der Waals surface area contributed by atoms with Gasteiger partial charge in [0.1, 0.15) is 6.04 Å². The Labute approximate surface area is 122 Å². The van der Waals surface area contributed by atoms with Crippen molar-refractivity contribution in [3.8, 4) is 0 Å². The van der Waals surface area contributed by atoms with Gasteiger partial charge in [0.15, 0.2) is 0 Å². The van der Waals surface area contributed by atoms with E-state index in [2.05, 4.69) is 5.32 Å². The summed E-state index contributed by atoms with van der Waals surface area (Å²) in [7, 11) is -3.30. The van der Waals surface area contributed by atoms with Crippen molar-refractivity contribution in [2.45, 2.75) is 25.3 Å². The first kappa shape index (κ1) is 17.4. The smallest absolute Gasteiger partial charge is 0.326 e. The molecule has 9 nitrogen and oxygen atoms in total. The van der Waals surface area contributed by atoms with Crippen molar-refractivity contribution >= 4 is 27.9 Å². The summed E-state index contributed by atoms with van der Waals surface area (Å²) in [6, 6.07) is -1.48. The number of rotatable bonds is 6. The van der Waals surface area contributed by atoms with Crippen molar-refractivity contribution in [3.05, 3.63) is 0 Å². The molecule has 1 amide bonds. The number of carboxylic acid groups (broad SMARTS) is 2. The lowest BCUT2D eigenvalue weighted by molar-refractivity contribution is -0.147. The molecule has 1 fully saturated rings. The maximum Gasteiger partial charge on any atom is 0.326 e. The average Bonchev–Trinajstić information content (AvgIpc) is 2.36. The number of hydrogen-bond donors (Lipinski definition) is 3. The van der Waals surface area contributed by atoms with Crippen molar-refractivity contribution in [3.63, 3.8) is 0 Å². The quantitative estimate of drug-likeness (QED) is 0.552. The van der Waals surface area contributed by atoms with Crippen LogP contribution in [0.5, 0.6) is 0 Å². The lowest BCUT2D eigenvalue weighted by Gasteiger charge is -2.30. The summed E-state index contributed by atoms with van der Waals surface area (Å²) in [5.41, 5.74) is 0. The first-order valence-corrected chi connectivity index (χ1v) is 8.16. The predicted octanol–water partition coefficient (Wildman–Crippen LogP) is -1.30. The third-order valence-corrected chi connectivity index (χ3v) is 4.59. The maximum atomic E-state index is 11.9. The van der Waals surface area contributed by atoms with Crippen LogP contribution in [-0.2, 0) is 24.4 Å². The third kappa shape index (κ3) is 5.31. The van der Waals surface area contributed by atoms with Crippen molar-refractivity contribution in [2.75, 3.05) is 19.3 Å². The van der Waals surface area contributed by atoms with Crippen LogP contribution in [0.4, 0.5) is 0 Å². The summed E-state index contributed by atoms with van der Waals surface area (Å²) in [6.45, 7) is 0.376. The number of carbonyl (C=O) groups is 3. The zero-order valence-corrected chi connectivity index (χ0v) is 12.3. The van der Waals surface area contributed by atoms with Crippen molar-refractivity contribution in [1.29, 1.82) is 0 Å². The zero-order chi connectivity index (χ0) is 16.2. The molecule has 1 aliphatic rings. The summed E-state index contributed by atoms with van der Waals surface area (Å²) < 4.78 is 23.9. The van der Waals surface area contributed by atoms with Gasteiger partial charge in [-0.3, -0.25) is 9.59 Å². The van der Waals surface area contributed by atoms with Gasteiger partial charge in [-0.25, -0.2) is 17.5 Å². The minimum Gasteiger partial charge on any atom is -0.481 e. The van der Waals surface area contributed by atoms with E-state index in [0.717, 1.165) is 6.26 Å². The summed E-state index contributed by atoms with van der Waals surface area (Å²) in [6.07, 6.45) is 0.931. The van der Waals surface area contributed by atoms with Crippen molar-refractivity contribution < 1.29 is 33.0 Å². The largest absolute Gasteiger partial charge is 0.481 e. The van der Waals surface area contributed by atoms with Gasteiger partial charge in [0.25, 0.3) is 0 Å². The second-order valence-corrected chi connectivity index (χ2v) is 6.92. The summed E-state index contributed by atoms with van der Waals surface area (Å²) in [4.78, 5) is 33.3. The summed E-state index contributed by atoms with van der Waals surface area (Å²) in [5, 5.41) is 19.6. The molecule has 10 heteroatoms. The van der Waals surface area contributed by atoms with Crippen LogP contribution in [0.1, 0.15) is 19.3 Å². The van der Waals surface area contributed by atoms with E-state index in [4.69, 9.17) is 10.2 Å². The highest BCUT2D eigenvalue weighted by Crippen LogP contribution is 2.19. The van der Waals surface area contributed by atoms with Gasteiger partial charge < -0.3 is 15.5 Å². The molecule has 1 aliphatic heterocycles. The minimum atomic E-state index is -3.30. The van der Waals surface area contributed by atoms with Crippen molar-refractivity contribution in [1.82, 2.24) is 9.62 Å². The molecule has 21 heavy (non-hydrogen) atoms. The maximum absolute atomic E-state index is 11.9. The zero-order valence-electron chi connectivity index (χ0n) is 11.5. The Bertz CT molecular complexity index is 523. The monoisotopic (exact) mass is 322 g/mol. The van der Waals surface area contributed by atoms with Gasteiger partial charge >= 0.3 is 11.9 Å². The lowest BCUT2D eigenvalue weighted by atomic mass is 9.96. The number of piperidine rings is 1. The molecule has 1 saturated heterocycles. The number of hydrogen-bond acceptors (Lipinski definition) is 5. The van der Waals surface area contributed by atoms with E-state index in [1.165, 1.54) is 4.31 Å². The van der Waals surface area contributed by atoms with Crippen LogP contribution in [0, 0.1) is 5.92 Å². The molecule has 0 aromatic carbocycles. The Morgan fingerprint density at radius 3 is 2.14 bits per heavy atom. The molecule has 0 aliphatic carbocycles. The van der Waals surface area contributed by atoms with Crippen LogP contribution in [0.3, 0.4) is 0 Å². The Hall–Kier alpha value is -1.68. The van der Waals surface area contributed by atoms with Gasteiger partial charge in [0.2, 0.25) is 15.9 Å². The van der Waals surface area contributed by atoms with Gasteiger partial charge in [0.05, 0.1) is 12.7 Å². The van der Waals surface area contributed by atoms with Gasteiger partial charge in [-0.15, -0.1) is 0 Å². The molecule has 0 radical (unpaired) electrons. The number of carbonyl (C=O) groups excluding carboxylic acids is 1. The molecule has 1 atom stereocenters. The molecule has 1 unspecified atom stereocenters. The molecule has 0 aromatic rings. The van der Waals surface area contributed by atoms with Crippen molar-refractivity contribution in [2.24, 2.45) is 5.92 Å². The molecule has 0 spiro atoms. The van der Waals surface area contributed by atoms with Crippen LogP contribution in [-0.4, -0.2) is 66.2 Å². The minimum absolute atomic E-state index is 0.188. The van der Waals surface area contributed by atoms with Crippen LogP contribution in [0.25, 0.3) is 0 Å². The van der Waals surface area contributed by atoms with E-state index in [-0.39, 0.29) is 25.9 Å². The molecule has 3 N–H and O–H groups in total. The molecule has 120 valence electrons. The Balaban J connectivity index is 2.57. The second kappa shape index (κ2) is 6.85. The number of amides is 1. The Kier molecular flexibility index (Phi) is 5.67. The van der Waals surface area contributed by atoms with E-state index in [0.29, 0.717) is 0 Å². The Morgan fingerprint density at radius 1 is 1.24 bits per heavy atom. The molecular weight excluding hydrogens is 304 g/mol. The standard InChI is InChI=1S/C11H18N2O7S/c1-21(19,20)13-4-2-7(3-5-13)10(16)12-8(11(17)18)6-9(14)15/h7-8H,2-6H2,1H3,(H,12,16)(H,14,15)(H,17,18). The highest BCUT2D eigenvalue weighted by molar-refractivity contribution is 7.88. The van der Waals surface area contributed by atoms with Crippen LogP contribution < -0.4 is 5.32 Å². The molecule has 0 aromatic heterocycles.